The number of pyridine rings is 1. The van der Waals surface area contributed by atoms with Crippen molar-refractivity contribution in [1.29, 1.82) is 0 Å². The molecule has 2 heterocycles. The smallest absolute Gasteiger partial charge is 0.300 e. The van der Waals surface area contributed by atoms with E-state index in [4.69, 9.17) is 4.74 Å². The van der Waals surface area contributed by atoms with E-state index in [1.807, 2.05) is 39.0 Å². The van der Waals surface area contributed by atoms with Gasteiger partial charge in [0.1, 0.15) is 11.5 Å². The summed E-state index contributed by atoms with van der Waals surface area (Å²) in [5.41, 5.74) is 3.75. The lowest BCUT2D eigenvalue weighted by Crippen LogP contribution is -2.29. The van der Waals surface area contributed by atoms with Crippen LogP contribution in [0.25, 0.3) is 5.76 Å². The molecule has 33 heavy (non-hydrogen) atoms. The summed E-state index contributed by atoms with van der Waals surface area (Å²) >= 11 is 0. The number of carbonyl (C=O) groups is 2. The van der Waals surface area contributed by atoms with Crippen LogP contribution in [-0.2, 0) is 9.59 Å². The molecule has 0 aliphatic carbocycles. The monoisotopic (exact) mass is 442 g/mol. The highest BCUT2D eigenvalue weighted by atomic mass is 16.5. The molecule has 168 valence electrons. The lowest BCUT2D eigenvalue weighted by molar-refractivity contribution is -0.132. The maximum Gasteiger partial charge on any atom is 0.300 e. The summed E-state index contributed by atoms with van der Waals surface area (Å²) in [5, 5.41) is 11.3. The largest absolute Gasteiger partial charge is 0.507 e. The molecule has 6 heteroatoms. The molecular weight excluding hydrogens is 416 g/mol. The van der Waals surface area contributed by atoms with E-state index in [0.29, 0.717) is 29.2 Å². The van der Waals surface area contributed by atoms with Gasteiger partial charge < -0.3 is 9.84 Å². The second-order valence-corrected chi connectivity index (χ2v) is 8.10. The van der Waals surface area contributed by atoms with Crippen LogP contribution in [0.1, 0.15) is 41.6 Å². The number of hydrogen-bond acceptors (Lipinski definition) is 5. The number of benzene rings is 2. The first-order valence-electron chi connectivity index (χ1n) is 10.9. The average molecular weight is 443 g/mol. The third-order valence-electron chi connectivity index (χ3n) is 5.79. The Morgan fingerprint density at radius 3 is 2.58 bits per heavy atom. The Balaban J connectivity index is 1.88. The van der Waals surface area contributed by atoms with Gasteiger partial charge in [0.05, 0.1) is 18.2 Å². The molecule has 1 saturated heterocycles. The molecule has 1 aliphatic heterocycles. The van der Waals surface area contributed by atoms with Gasteiger partial charge in [-0.3, -0.25) is 19.5 Å². The van der Waals surface area contributed by atoms with Crippen molar-refractivity contribution < 1.29 is 19.4 Å². The number of aromatic nitrogens is 1. The number of anilines is 1. The van der Waals surface area contributed by atoms with Crippen molar-refractivity contribution >= 4 is 23.1 Å². The van der Waals surface area contributed by atoms with Crippen LogP contribution < -0.4 is 9.64 Å². The SMILES string of the molecule is CCCOc1cccc(/C(O)=C2\C(=O)C(=O)N(c3ccc(C)c(C)c3)C2c2cccnc2)c1. The molecule has 0 spiro atoms. The van der Waals surface area contributed by atoms with Crippen LogP contribution in [0.3, 0.4) is 0 Å². The summed E-state index contributed by atoms with van der Waals surface area (Å²) in [4.78, 5) is 32.1. The minimum absolute atomic E-state index is 0.0267. The summed E-state index contributed by atoms with van der Waals surface area (Å²) in [5.74, 6) is -1.08. The van der Waals surface area contributed by atoms with Gasteiger partial charge in [-0.25, -0.2) is 0 Å². The van der Waals surface area contributed by atoms with Crippen molar-refractivity contribution in [2.24, 2.45) is 0 Å². The second-order valence-electron chi connectivity index (χ2n) is 8.10. The highest BCUT2D eigenvalue weighted by Crippen LogP contribution is 2.42. The number of hydrogen-bond donors (Lipinski definition) is 1. The number of carbonyl (C=O) groups excluding carboxylic acids is 2. The van der Waals surface area contributed by atoms with Crippen LogP contribution >= 0.6 is 0 Å². The summed E-state index contributed by atoms with van der Waals surface area (Å²) in [6.45, 7) is 6.48. The van der Waals surface area contributed by atoms with Gasteiger partial charge in [0.25, 0.3) is 11.7 Å². The average Bonchev–Trinajstić information content (AvgIpc) is 3.10. The van der Waals surface area contributed by atoms with E-state index in [1.165, 1.54) is 4.90 Å². The summed E-state index contributed by atoms with van der Waals surface area (Å²) in [6, 6.07) is 15.3. The third kappa shape index (κ3) is 4.24. The zero-order valence-corrected chi connectivity index (χ0v) is 18.9. The fourth-order valence-corrected chi connectivity index (χ4v) is 3.94. The number of ether oxygens (including phenoxy) is 1. The van der Waals surface area contributed by atoms with Crippen molar-refractivity contribution in [1.82, 2.24) is 4.98 Å². The standard InChI is InChI=1S/C27H26N2O4/c1-4-13-33-22-9-5-7-19(15-22)25(30)23-24(20-8-6-12-28-16-20)29(27(32)26(23)31)21-11-10-17(2)18(3)14-21/h5-12,14-16,24,30H,4,13H2,1-3H3/b25-23+. The van der Waals surface area contributed by atoms with Gasteiger partial charge in [0.15, 0.2) is 0 Å². The lowest BCUT2D eigenvalue weighted by atomic mass is 9.96. The number of nitrogens with zero attached hydrogens (tertiary/aromatic N) is 2. The number of aryl methyl sites for hydroxylation is 2. The molecule has 1 N–H and O–H groups in total. The molecule has 1 atom stereocenters. The number of aliphatic hydroxyl groups excluding tert-OH is 1. The van der Waals surface area contributed by atoms with E-state index in [-0.39, 0.29) is 11.3 Å². The second kappa shape index (κ2) is 9.28. The highest BCUT2D eigenvalue weighted by molar-refractivity contribution is 6.51. The van der Waals surface area contributed by atoms with Crippen molar-refractivity contribution in [2.45, 2.75) is 33.2 Å². The Morgan fingerprint density at radius 2 is 1.88 bits per heavy atom. The van der Waals surface area contributed by atoms with E-state index in [0.717, 1.165) is 17.5 Å². The first-order valence-corrected chi connectivity index (χ1v) is 10.9. The number of amides is 1. The van der Waals surface area contributed by atoms with E-state index in [2.05, 4.69) is 4.98 Å². The van der Waals surface area contributed by atoms with Gasteiger partial charge in [-0.05, 0) is 67.3 Å². The number of rotatable bonds is 6. The van der Waals surface area contributed by atoms with Crippen LogP contribution in [0.2, 0.25) is 0 Å². The maximum atomic E-state index is 13.2. The van der Waals surface area contributed by atoms with Crippen LogP contribution in [0, 0.1) is 13.8 Å². The van der Waals surface area contributed by atoms with Crippen molar-refractivity contribution in [3.63, 3.8) is 0 Å². The summed E-state index contributed by atoms with van der Waals surface area (Å²) in [7, 11) is 0. The predicted octanol–water partition coefficient (Wildman–Crippen LogP) is 5.11. The van der Waals surface area contributed by atoms with Crippen LogP contribution in [0.15, 0.2) is 72.6 Å². The third-order valence-corrected chi connectivity index (χ3v) is 5.79. The first kappa shape index (κ1) is 22.3. The van der Waals surface area contributed by atoms with Gasteiger partial charge in [-0.1, -0.05) is 31.2 Å². The number of ketones is 1. The summed E-state index contributed by atoms with van der Waals surface area (Å²) < 4.78 is 5.68. The van der Waals surface area contributed by atoms with E-state index in [9.17, 15) is 14.7 Å². The Kier molecular flexibility index (Phi) is 6.27. The molecule has 3 aromatic rings. The predicted molar refractivity (Wildman–Crippen MR) is 127 cm³/mol. The Bertz CT molecular complexity index is 1230. The molecule has 1 fully saturated rings. The molecule has 0 saturated carbocycles. The Labute approximate surface area is 193 Å². The highest BCUT2D eigenvalue weighted by Gasteiger charge is 2.47. The van der Waals surface area contributed by atoms with Gasteiger partial charge in [0.2, 0.25) is 0 Å². The minimum atomic E-state index is -0.805. The van der Waals surface area contributed by atoms with Crippen LogP contribution in [0.4, 0.5) is 5.69 Å². The number of aliphatic hydroxyl groups is 1. The Hall–Kier alpha value is -3.93. The molecule has 0 bridgehead atoms. The zero-order chi connectivity index (χ0) is 23.5. The first-order chi connectivity index (χ1) is 15.9. The van der Waals surface area contributed by atoms with E-state index < -0.39 is 17.7 Å². The van der Waals surface area contributed by atoms with Crippen molar-refractivity contribution in [2.75, 3.05) is 11.5 Å². The van der Waals surface area contributed by atoms with Gasteiger partial charge in [-0.15, -0.1) is 0 Å². The quantitative estimate of drug-likeness (QED) is 0.326. The molecule has 1 aliphatic rings. The van der Waals surface area contributed by atoms with Crippen molar-refractivity contribution in [3.05, 3.63) is 94.8 Å². The normalized spacial score (nSPS) is 17.4. The summed E-state index contributed by atoms with van der Waals surface area (Å²) in [6.07, 6.45) is 4.08. The number of Topliss-reactive ketones (excluding diaryl/α,β-unsaturated/α-hetero) is 1. The van der Waals surface area contributed by atoms with E-state index >= 15 is 0 Å². The zero-order valence-electron chi connectivity index (χ0n) is 18.9. The van der Waals surface area contributed by atoms with Gasteiger partial charge in [-0.2, -0.15) is 0 Å². The molecule has 1 unspecified atom stereocenters. The molecule has 1 amide bonds. The molecule has 0 radical (unpaired) electrons. The molecule has 1 aromatic heterocycles. The fraction of sp³-hybridized carbons (Fsp3) is 0.222. The van der Waals surface area contributed by atoms with Gasteiger partial charge in [0, 0.05) is 23.6 Å². The fourth-order valence-electron chi connectivity index (χ4n) is 3.94. The van der Waals surface area contributed by atoms with Crippen LogP contribution in [-0.4, -0.2) is 28.4 Å². The molecule has 4 rings (SSSR count). The van der Waals surface area contributed by atoms with Gasteiger partial charge >= 0.3 is 0 Å². The topological polar surface area (TPSA) is 79.7 Å². The molecular formula is C27H26N2O4. The Morgan fingerprint density at radius 1 is 1.06 bits per heavy atom. The molecule has 2 aromatic carbocycles. The maximum absolute atomic E-state index is 13.2. The van der Waals surface area contributed by atoms with Crippen molar-refractivity contribution in [3.8, 4) is 5.75 Å². The van der Waals surface area contributed by atoms with E-state index in [1.54, 1.807) is 48.8 Å². The van der Waals surface area contributed by atoms with Crippen LogP contribution in [0.5, 0.6) is 5.75 Å². The lowest BCUT2D eigenvalue weighted by Gasteiger charge is -2.25. The molecule has 6 nitrogen and oxygen atoms in total. The minimum Gasteiger partial charge on any atom is -0.507 e.